The number of anilines is 2. The zero-order chi connectivity index (χ0) is 29.2. The molecule has 42 heavy (non-hydrogen) atoms. The predicted molar refractivity (Wildman–Crippen MR) is 159 cm³/mol. The van der Waals surface area contributed by atoms with Gasteiger partial charge in [-0.2, -0.15) is 0 Å². The summed E-state index contributed by atoms with van der Waals surface area (Å²) in [7, 11) is 1.62. The quantitative estimate of drug-likeness (QED) is 0.273. The standard InChI is InChI=1S/C33H32N4O5/c1-3-42-32(39)23-10-14-24(15-11-23)34-33(40)36(25-16-17-25)21-30(38)37-28-8-5-4-7-27(28)35-20-6-9-29(35)31(37)22-12-18-26(41-2)19-13-22/h4-15,18-20,25,31H,3,16-17,21H2,1-2H3,(H,34,40). The lowest BCUT2D eigenvalue weighted by atomic mass is 9.97. The van der Waals surface area contributed by atoms with Gasteiger partial charge in [-0.25, -0.2) is 9.59 Å². The molecule has 1 aromatic heterocycles. The molecular formula is C33H32N4O5. The Morgan fingerprint density at radius 1 is 0.905 bits per heavy atom. The molecule has 1 fully saturated rings. The maximum atomic E-state index is 14.3. The minimum atomic E-state index is -0.417. The summed E-state index contributed by atoms with van der Waals surface area (Å²) in [6.07, 6.45) is 3.68. The molecule has 1 unspecified atom stereocenters. The minimum absolute atomic E-state index is 0.0175. The maximum Gasteiger partial charge on any atom is 0.338 e. The van der Waals surface area contributed by atoms with Crippen LogP contribution in [0.2, 0.25) is 0 Å². The lowest BCUT2D eigenvalue weighted by Crippen LogP contribution is -2.48. The van der Waals surface area contributed by atoms with E-state index in [0.29, 0.717) is 11.3 Å². The molecule has 1 saturated carbocycles. The molecule has 0 bridgehead atoms. The summed E-state index contributed by atoms with van der Waals surface area (Å²) in [6.45, 7) is 1.95. The summed E-state index contributed by atoms with van der Waals surface area (Å²) < 4.78 is 12.5. The molecule has 2 heterocycles. The second kappa shape index (κ2) is 11.4. The van der Waals surface area contributed by atoms with Crippen molar-refractivity contribution in [2.24, 2.45) is 0 Å². The number of benzene rings is 3. The van der Waals surface area contributed by atoms with Crippen molar-refractivity contribution in [1.82, 2.24) is 9.47 Å². The van der Waals surface area contributed by atoms with Crippen LogP contribution in [0.1, 0.15) is 47.4 Å². The molecule has 0 radical (unpaired) electrons. The minimum Gasteiger partial charge on any atom is -0.497 e. The lowest BCUT2D eigenvalue weighted by Gasteiger charge is -2.39. The molecule has 1 aliphatic carbocycles. The van der Waals surface area contributed by atoms with Crippen LogP contribution in [0.4, 0.5) is 16.2 Å². The number of carbonyl (C=O) groups excluding carboxylic acids is 3. The smallest absolute Gasteiger partial charge is 0.338 e. The average molecular weight is 565 g/mol. The van der Waals surface area contributed by atoms with Gasteiger partial charge in [0.15, 0.2) is 0 Å². The van der Waals surface area contributed by atoms with Crippen LogP contribution in [0.5, 0.6) is 5.75 Å². The largest absolute Gasteiger partial charge is 0.497 e. The van der Waals surface area contributed by atoms with Gasteiger partial charge in [0.05, 0.1) is 36.3 Å². The maximum absolute atomic E-state index is 14.3. The third-order valence-corrected chi connectivity index (χ3v) is 7.62. The Balaban J connectivity index is 1.28. The Hall–Kier alpha value is -5.05. The van der Waals surface area contributed by atoms with E-state index in [4.69, 9.17) is 9.47 Å². The molecule has 1 aliphatic heterocycles. The van der Waals surface area contributed by atoms with Crippen molar-refractivity contribution in [2.75, 3.05) is 30.5 Å². The first kappa shape index (κ1) is 27.1. The number of urea groups is 1. The molecule has 3 aromatic carbocycles. The molecule has 9 heteroatoms. The first-order valence-electron chi connectivity index (χ1n) is 14.1. The van der Waals surface area contributed by atoms with E-state index in [0.717, 1.165) is 41.2 Å². The average Bonchev–Trinajstić information content (AvgIpc) is 3.74. The summed E-state index contributed by atoms with van der Waals surface area (Å²) in [6, 6.07) is 25.3. The summed E-state index contributed by atoms with van der Waals surface area (Å²) >= 11 is 0. The molecule has 0 saturated heterocycles. The zero-order valence-corrected chi connectivity index (χ0v) is 23.5. The number of amides is 3. The number of nitrogens with zero attached hydrogens (tertiary/aromatic N) is 3. The number of nitrogens with one attached hydrogen (secondary N) is 1. The number of para-hydroxylation sites is 2. The van der Waals surface area contributed by atoms with Gasteiger partial charge in [-0.05, 0) is 86.0 Å². The SMILES string of the molecule is CCOC(=O)c1ccc(NC(=O)N(CC(=O)N2c3ccccc3-n3cccc3C2c2ccc(OC)cc2)C2CC2)cc1. The van der Waals surface area contributed by atoms with Crippen LogP contribution in [0.25, 0.3) is 5.69 Å². The second-order valence-electron chi connectivity index (χ2n) is 10.3. The van der Waals surface area contributed by atoms with E-state index >= 15 is 0 Å². The molecule has 214 valence electrons. The van der Waals surface area contributed by atoms with Gasteiger partial charge in [0.2, 0.25) is 5.91 Å². The molecule has 2 aliphatic rings. The highest BCUT2D eigenvalue weighted by Gasteiger charge is 2.40. The van der Waals surface area contributed by atoms with Crippen LogP contribution in [0, 0.1) is 0 Å². The van der Waals surface area contributed by atoms with E-state index in [9.17, 15) is 14.4 Å². The van der Waals surface area contributed by atoms with Crippen molar-refractivity contribution in [3.8, 4) is 11.4 Å². The summed E-state index contributed by atoms with van der Waals surface area (Å²) in [5.74, 6) is 0.130. The Labute approximate surface area is 244 Å². The highest BCUT2D eigenvalue weighted by atomic mass is 16.5. The van der Waals surface area contributed by atoms with E-state index in [2.05, 4.69) is 9.88 Å². The zero-order valence-electron chi connectivity index (χ0n) is 23.5. The van der Waals surface area contributed by atoms with Crippen LogP contribution in [0.3, 0.4) is 0 Å². The Morgan fingerprint density at radius 3 is 2.29 bits per heavy atom. The Kier molecular flexibility index (Phi) is 7.39. The second-order valence-corrected chi connectivity index (χ2v) is 10.3. The number of methoxy groups -OCH3 is 1. The highest BCUT2D eigenvalue weighted by Crippen LogP contribution is 2.43. The van der Waals surface area contributed by atoms with Crippen molar-refractivity contribution in [3.63, 3.8) is 0 Å². The predicted octanol–water partition coefficient (Wildman–Crippen LogP) is 5.80. The van der Waals surface area contributed by atoms with Gasteiger partial charge in [0.1, 0.15) is 18.3 Å². The topological polar surface area (TPSA) is 93.1 Å². The van der Waals surface area contributed by atoms with E-state index in [1.54, 1.807) is 43.2 Å². The Morgan fingerprint density at radius 2 is 1.62 bits per heavy atom. The molecule has 3 amide bonds. The number of carbonyl (C=O) groups is 3. The van der Waals surface area contributed by atoms with Crippen molar-refractivity contribution < 1.29 is 23.9 Å². The fourth-order valence-corrected chi connectivity index (χ4v) is 5.44. The van der Waals surface area contributed by atoms with E-state index in [-0.39, 0.29) is 31.1 Å². The molecular weight excluding hydrogens is 532 g/mol. The third kappa shape index (κ3) is 5.21. The van der Waals surface area contributed by atoms with Crippen molar-refractivity contribution in [3.05, 3.63) is 108 Å². The van der Waals surface area contributed by atoms with E-state index in [1.165, 1.54) is 0 Å². The molecule has 4 aromatic rings. The normalized spacial score (nSPS) is 15.3. The molecule has 1 N–H and O–H groups in total. The van der Waals surface area contributed by atoms with Gasteiger partial charge in [-0.1, -0.05) is 24.3 Å². The van der Waals surface area contributed by atoms with Crippen molar-refractivity contribution in [2.45, 2.75) is 31.8 Å². The number of ether oxygens (including phenoxy) is 2. The van der Waals surface area contributed by atoms with Gasteiger partial charge in [-0.3, -0.25) is 9.69 Å². The fraction of sp³-hybridized carbons (Fsp3) is 0.242. The van der Waals surface area contributed by atoms with E-state index in [1.807, 2.05) is 71.8 Å². The van der Waals surface area contributed by atoms with Crippen molar-refractivity contribution >= 4 is 29.3 Å². The van der Waals surface area contributed by atoms with E-state index < -0.39 is 12.0 Å². The monoisotopic (exact) mass is 564 g/mol. The summed E-state index contributed by atoms with van der Waals surface area (Å²) in [5.41, 5.74) is 4.50. The number of fused-ring (bicyclic) bond motifs is 3. The van der Waals surface area contributed by atoms with Crippen LogP contribution in [0.15, 0.2) is 91.1 Å². The lowest BCUT2D eigenvalue weighted by molar-refractivity contribution is -0.119. The fourth-order valence-electron chi connectivity index (χ4n) is 5.44. The highest BCUT2D eigenvalue weighted by molar-refractivity contribution is 6.01. The number of hydrogen-bond acceptors (Lipinski definition) is 5. The van der Waals surface area contributed by atoms with Gasteiger partial charge < -0.3 is 24.3 Å². The molecule has 0 spiro atoms. The van der Waals surface area contributed by atoms with Gasteiger partial charge in [-0.15, -0.1) is 0 Å². The van der Waals surface area contributed by atoms with Crippen LogP contribution >= 0.6 is 0 Å². The number of esters is 1. The first-order chi connectivity index (χ1) is 20.5. The van der Waals surface area contributed by atoms with Gasteiger partial charge in [0.25, 0.3) is 0 Å². The van der Waals surface area contributed by atoms with Crippen LogP contribution < -0.4 is 15.0 Å². The molecule has 6 rings (SSSR count). The first-order valence-corrected chi connectivity index (χ1v) is 14.1. The molecule has 1 atom stereocenters. The van der Waals surface area contributed by atoms with Crippen molar-refractivity contribution in [1.29, 1.82) is 0 Å². The Bertz CT molecular complexity index is 1610. The van der Waals surface area contributed by atoms with Crippen LogP contribution in [-0.2, 0) is 9.53 Å². The number of rotatable bonds is 8. The van der Waals surface area contributed by atoms with Gasteiger partial charge in [0, 0.05) is 17.9 Å². The third-order valence-electron chi connectivity index (χ3n) is 7.62. The summed E-state index contributed by atoms with van der Waals surface area (Å²) in [5, 5.41) is 2.90. The number of aromatic nitrogens is 1. The number of hydrogen-bond donors (Lipinski definition) is 1. The van der Waals surface area contributed by atoms with Crippen LogP contribution in [-0.4, -0.2) is 53.7 Å². The molecule has 9 nitrogen and oxygen atoms in total. The van der Waals surface area contributed by atoms with Gasteiger partial charge >= 0.3 is 12.0 Å². The summed E-state index contributed by atoms with van der Waals surface area (Å²) in [4.78, 5) is 43.2.